The molecule has 1 N–H and O–H groups in total. The van der Waals surface area contributed by atoms with E-state index in [4.69, 9.17) is 4.74 Å². The molecule has 0 fully saturated rings. The Balaban J connectivity index is 0.000000321. The normalized spacial score (nSPS) is 16.3. The lowest BCUT2D eigenvalue weighted by molar-refractivity contribution is -0.185. The number of thioether (sulfide) groups is 1. The van der Waals surface area contributed by atoms with Crippen LogP contribution >= 0.6 is 23.5 Å². The highest BCUT2D eigenvalue weighted by Gasteiger charge is 2.48. The van der Waals surface area contributed by atoms with Gasteiger partial charge in [-0.3, -0.25) is 4.79 Å². The van der Waals surface area contributed by atoms with Crippen molar-refractivity contribution in [2.24, 2.45) is 0 Å². The molecule has 0 saturated carbocycles. The molecule has 1 aliphatic heterocycles. The summed E-state index contributed by atoms with van der Waals surface area (Å²) in [6.45, 7) is 4.02. The first kappa shape index (κ1) is 28.4. The number of nitrogens with zero attached hydrogens (tertiary/aromatic N) is 2. The first-order valence-electron chi connectivity index (χ1n) is 12.9. The number of fused-ring (bicyclic) bond motifs is 1. The van der Waals surface area contributed by atoms with Gasteiger partial charge in [0.05, 0.1) is 17.3 Å². The van der Waals surface area contributed by atoms with E-state index < -0.39 is 11.8 Å². The molecule has 4 aromatic carbocycles. The van der Waals surface area contributed by atoms with Crippen LogP contribution in [0.2, 0.25) is 0 Å². The molecule has 0 spiro atoms. The van der Waals surface area contributed by atoms with Crippen molar-refractivity contribution in [1.82, 2.24) is 8.75 Å². The maximum atomic E-state index is 13.1. The number of aliphatic hydroxyl groups is 1. The Kier molecular flexibility index (Phi) is 8.44. The van der Waals surface area contributed by atoms with E-state index in [0.717, 1.165) is 45.1 Å². The number of aryl methyl sites for hydroxylation is 2. The number of aldehydes is 1. The van der Waals surface area contributed by atoms with Gasteiger partial charge in [-0.05, 0) is 55.5 Å². The van der Waals surface area contributed by atoms with E-state index in [-0.39, 0.29) is 0 Å². The largest absolute Gasteiger partial charge is 0.421 e. The number of hydrogen-bond donors (Lipinski definition) is 1. The van der Waals surface area contributed by atoms with Gasteiger partial charge >= 0.3 is 5.97 Å². The fourth-order valence-electron chi connectivity index (χ4n) is 4.58. The van der Waals surface area contributed by atoms with Gasteiger partial charge in [-0.15, -0.1) is 11.8 Å². The van der Waals surface area contributed by atoms with Crippen LogP contribution in [0.5, 0.6) is 0 Å². The van der Waals surface area contributed by atoms with E-state index >= 15 is 0 Å². The van der Waals surface area contributed by atoms with Crippen LogP contribution in [-0.2, 0) is 21.7 Å². The number of carbonyl (C=O) groups is 2. The molecule has 1 aromatic heterocycles. The molecule has 0 aliphatic carbocycles. The van der Waals surface area contributed by atoms with Crippen LogP contribution in [0.4, 0.5) is 0 Å². The predicted octanol–water partition coefficient (Wildman–Crippen LogP) is 6.93. The molecule has 206 valence electrons. The van der Waals surface area contributed by atoms with Gasteiger partial charge in [-0.2, -0.15) is 8.75 Å². The summed E-state index contributed by atoms with van der Waals surface area (Å²) in [5, 5.41) is 11.7. The van der Waals surface area contributed by atoms with Crippen molar-refractivity contribution >= 4 is 52.4 Å². The number of benzene rings is 4. The van der Waals surface area contributed by atoms with E-state index in [1.807, 2.05) is 111 Å². The maximum absolute atomic E-state index is 13.1. The SMILES string of the molecule is CSc1ccc(C2(O)OC(=O)C(c3ccc4nsnc4c3)=C2Cc2ccc(C)cc2)cc1.Cc1ccc(C=O)cc1. The summed E-state index contributed by atoms with van der Waals surface area (Å²) in [5.41, 5.74) is 7.61. The number of ether oxygens (including phenoxy) is 1. The van der Waals surface area contributed by atoms with Crippen LogP contribution in [0.1, 0.15) is 38.2 Å². The van der Waals surface area contributed by atoms with Crippen LogP contribution in [0, 0.1) is 13.8 Å². The maximum Gasteiger partial charge on any atom is 0.342 e. The van der Waals surface area contributed by atoms with Gasteiger partial charge in [0.25, 0.3) is 5.79 Å². The van der Waals surface area contributed by atoms with Crippen LogP contribution in [0.15, 0.2) is 101 Å². The zero-order valence-corrected chi connectivity index (χ0v) is 24.5. The second-order valence-corrected chi connectivity index (χ2v) is 11.2. The summed E-state index contributed by atoms with van der Waals surface area (Å²) in [4.78, 5) is 24.3. The lowest BCUT2D eigenvalue weighted by Crippen LogP contribution is -2.29. The average molecular weight is 581 g/mol. The predicted molar refractivity (Wildman–Crippen MR) is 164 cm³/mol. The molecule has 5 aromatic rings. The van der Waals surface area contributed by atoms with E-state index in [0.29, 0.717) is 34.2 Å². The minimum Gasteiger partial charge on any atom is -0.421 e. The molecular weight excluding hydrogens is 553 g/mol. The summed E-state index contributed by atoms with van der Waals surface area (Å²) in [7, 11) is 0. The van der Waals surface area contributed by atoms with Gasteiger partial charge in [-0.1, -0.05) is 77.9 Å². The van der Waals surface area contributed by atoms with Gasteiger partial charge < -0.3 is 9.84 Å². The molecule has 0 saturated heterocycles. The molecule has 0 amide bonds. The number of aromatic nitrogens is 2. The van der Waals surface area contributed by atoms with Gasteiger partial charge in [-0.25, -0.2) is 4.79 Å². The Labute approximate surface area is 247 Å². The average Bonchev–Trinajstić information content (AvgIpc) is 3.56. The number of carbonyl (C=O) groups excluding carboxylic acids is 2. The van der Waals surface area contributed by atoms with Crippen LogP contribution in [0.25, 0.3) is 16.6 Å². The van der Waals surface area contributed by atoms with Gasteiger partial charge in [0.15, 0.2) is 0 Å². The quantitative estimate of drug-likeness (QED) is 0.132. The first-order chi connectivity index (χ1) is 19.8. The fraction of sp³-hybridized carbons (Fsp3) is 0.152. The monoisotopic (exact) mass is 580 g/mol. The first-order valence-corrected chi connectivity index (χ1v) is 14.9. The smallest absolute Gasteiger partial charge is 0.342 e. The molecule has 2 heterocycles. The van der Waals surface area contributed by atoms with Crippen molar-refractivity contribution in [2.75, 3.05) is 6.26 Å². The number of hydrogen-bond acceptors (Lipinski definition) is 8. The summed E-state index contributed by atoms with van der Waals surface area (Å²) in [5.74, 6) is -2.39. The number of cyclic esters (lactones) is 1. The Morgan fingerprint density at radius 2 is 1.51 bits per heavy atom. The van der Waals surface area contributed by atoms with Gasteiger partial charge in [0.2, 0.25) is 0 Å². The standard InChI is InChI=1S/C25H20N2O3S2.C8H8O/c1-15-3-5-16(6-4-15)13-20-23(17-7-12-21-22(14-17)27-32-26-21)24(28)30-25(20,29)18-8-10-19(31-2)11-9-18;1-7-2-4-8(6-9)5-3-7/h3-12,14,29H,13H2,1-2H3;2-6H,1H3. The van der Waals surface area contributed by atoms with Gasteiger partial charge in [0.1, 0.15) is 17.3 Å². The highest BCUT2D eigenvalue weighted by Crippen LogP contribution is 2.45. The lowest BCUT2D eigenvalue weighted by Gasteiger charge is -2.26. The number of esters is 1. The molecule has 41 heavy (non-hydrogen) atoms. The topological polar surface area (TPSA) is 89.4 Å². The van der Waals surface area contributed by atoms with Crippen LogP contribution < -0.4 is 0 Å². The van der Waals surface area contributed by atoms with E-state index in [9.17, 15) is 14.7 Å². The third-order valence-electron chi connectivity index (χ3n) is 6.89. The Morgan fingerprint density at radius 3 is 2.15 bits per heavy atom. The molecule has 8 heteroatoms. The Bertz CT molecular complexity index is 1730. The van der Waals surface area contributed by atoms with Crippen molar-refractivity contribution in [3.63, 3.8) is 0 Å². The van der Waals surface area contributed by atoms with Crippen molar-refractivity contribution in [3.05, 3.63) is 130 Å². The van der Waals surface area contributed by atoms with Crippen molar-refractivity contribution in [1.29, 1.82) is 0 Å². The van der Waals surface area contributed by atoms with Gasteiger partial charge in [0, 0.05) is 28.0 Å². The zero-order valence-electron chi connectivity index (χ0n) is 22.8. The number of rotatable bonds is 6. The van der Waals surface area contributed by atoms with Crippen LogP contribution in [0.3, 0.4) is 0 Å². The second-order valence-electron chi connectivity index (χ2n) is 9.77. The van der Waals surface area contributed by atoms with E-state index in [2.05, 4.69) is 8.75 Å². The Morgan fingerprint density at radius 1 is 0.878 bits per heavy atom. The summed E-state index contributed by atoms with van der Waals surface area (Å²) in [6, 6.07) is 28.5. The van der Waals surface area contributed by atoms with Crippen molar-refractivity contribution in [2.45, 2.75) is 31.0 Å². The van der Waals surface area contributed by atoms with Crippen LogP contribution in [-0.4, -0.2) is 32.4 Å². The molecule has 0 radical (unpaired) electrons. The van der Waals surface area contributed by atoms with E-state index in [1.165, 1.54) is 5.56 Å². The molecule has 1 atom stereocenters. The zero-order chi connectivity index (χ0) is 29.0. The minimum absolute atomic E-state index is 0.371. The minimum atomic E-state index is -1.84. The molecule has 6 rings (SSSR count). The highest BCUT2D eigenvalue weighted by atomic mass is 32.2. The Hall–Kier alpha value is -4.11. The summed E-state index contributed by atoms with van der Waals surface area (Å²) < 4.78 is 14.2. The van der Waals surface area contributed by atoms with Crippen molar-refractivity contribution in [3.8, 4) is 0 Å². The third-order valence-corrected chi connectivity index (χ3v) is 8.19. The molecule has 1 aliphatic rings. The molecular formula is C33H28N2O4S2. The second kappa shape index (κ2) is 12.2. The van der Waals surface area contributed by atoms with E-state index in [1.54, 1.807) is 11.8 Å². The molecule has 6 nitrogen and oxygen atoms in total. The highest BCUT2D eigenvalue weighted by molar-refractivity contribution is 7.98. The third kappa shape index (κ3) is 6.15. The summed E-state index contributed by atoms with van der Waals surface area (Å²) >= 11 is 2.74. The molecule has 0 bridgehead atoms. The fourth-order valence-corrected chi connectivity index (χ4v) is 5.51. The van der Waals surface area contributed by atoms with Crippen molar-refractivity contribution < 1.29 is 19.4 Å². The summed E-state index contributed by atoms with van der Waals surface area (Å²) in [6.07, 6.45) is 3.21. The molecule has 1 unspecified atom stereocenters. The lowest BCUT2D eigenvalue weighted by atomic mass is 9.88.